The van der Waals surface area contributed by atoms with E-state index in [-0.39, 0.29) is 0 Å². The fourth-order valence-electron chi connectivity index (χ4n) is 4.39. The molecule has 0 saturated heterocycles. The van der Waals surface area contributed by atoms with E-state index >= 15 is 0 Å². The first-order chi connectivity index (χ1) is 11.3. The van der Waals surface area contributed by atoms with Crippen LogP contribution in [-0.4, -0.2) is 0 Å². The van der Waals surface area contributed by atoms with Crippen LogP contribution in [0.25, 0.3) is 10.8 Å². The molecule has 0 aromatic heterocycles. The van der Waals surface area contributed by atoms with Crippen molar-refractivity contribution < 1.29 is 0 Å². The van der Waals surface area contributed by atoms with Gasteiger partial charge in [-0.15, -0.1) is 0 Å². The first kappa shape index (κ1) is 16.6. The lowest BCUT2D eigenvalue weighted by Gasteiger charge is -2.27. The molecule has 0 N–H and O–H groups in total. The van der Waals surface area contributed by atoms with Crippen molar-refractivity contribution in [1.29, 1.82) is 0 Å². The summed E-state index contributed by atoms with van der Waals surface area (Å²) in [6.45, 7) is 2.33. The van der Waals surface area contributed by atoms with Crippen LogP contribution in [0.1, 0.15) is 70.3 Å². The molecule has 0 radical (unpaired) electrons. The molecule has 2 aromatic carbocycles. The number of rotatable bonds is 7. The van der Waals surface area contributed by atoms with Crippen LogP contribution in [-0.2, 0) is 6.42 Å². The van der Waals surface area contributed by atoms with E-state index in [2.05, 4.69) is 49.4 Å². The second-order valence-corrected chi connectivity index (χ2v) is 7.63. The molecule has 1 fully saturated rings. The molecule has 3 rings (SSSR count). The Morgan fingerprint density at radius 2 is 1.74 bits per heavy atom. The maximum atomic E-state index is 2.43. The van der Waals surface area contributed by atoms with Crippen LogP contribution in [0.3, 0.4) is 0 Å². The third-order valence-electron chi connectivity index (χ3n) is 5.70. The molecule has 23 heavy (non-hydrogen) atoms. The van der Waals surface area contributed by atoms with E-state index < -0.39 is 0 Å². The van der Waals surface area contributed by atoms with Gasteiger partial charge in [0.15, 0.2) is 0 Å². The minimum Gasteiger partial charge on any atom is -0.0654 e. The minimum absolute atomic E-state index is 0.888. The average molecular weight is 309 g/mol. The largest absolute Gasteiger partial charge is 0.0654 e. The Labute approximate surface area is 142 Å². The lowest BCUT2D eigenvalue weighted by Crippen LogP contribution is -2.14. The van der Waals surface area contributed by atoms with Crippen molar-refractivity contribution in [3.8, 4) is 0 Å². The summed E-state index contributed by atoms with van der Waals surface area (Å²) in [6.07, 6.45) is 14.3. The first-order valence-corrected chi connectivity index (χ1v) is 9.83. The SMILES string of the molecule is CCCCC(Cc1ccc2ccccc2c1)CC1CCCCC1. The zero-order valence-corrected chi connectivity index (χ0v) is 14.8. The second kappa shape index (κ2) is 8.52. The number of unbranched alkanes of at least 4 members (excludes halogenated alkanes) is 1. The topological polar surface area (TPSA) is 0 Å². The maximum Gasteiger partial charge on any atom is -0.0181 e. The highest BCUT2D eigenvalue weighted by molar-refractivity contribution is 5.82. The van der Waals surface area contributed by atoms with Gasteiger partial charge in [-0.3, -0.25) is 0 Å². The van der Waals surface area contributed by atoms with Gasteiger partial charge in [0.25, 0.3) is 0 Å². The van der Waals surface area contributed by atoms with Crippen LogP contribution >= 0.6 is 0 Å². The van der Waals surface area contributed by atoms with Gasteiger partial charge in [0.2, 0.25) is 0 Å². The van der Waals surface area contributed by atoms with Crippen LogP contribution in [0.4, 0.5) is 0 Å². The highest BCUT2D eigenvalue weighted by Gasteiger charge is 2.19. The van der Waals surface area contributed by atoms with Crippen molar-refractivity contribution in [2.24, 2.45) is 11.8 Å². The van der Waals surface area contributed by atoms with Crippen molar-refractivity contribution in [2.45, 2.75) is 71.1 Å². The quantitative estimate of drug-likeness (QED) is 0.509. The third-order valence-corrected chi connectivity index (χ3v) is 5.70. The van der Waals surface area contributed by atoms with Gasteiger partial charge in [-0.05, 0) is 41.0 Å². The lowest BCUT2D eigenvalue weighted by molar-refractivity contribution is 0.274. The van der Waals surface area contributed by atoms with E-state index in [0.717, 1.165) is 11.8 Å². The van der Waals surface area contributed by atoms with E-state index in [1.807, 2.05) is 0 Å². The molecule has 1 aliphatic rings. The average Bonchev–Trinajstić information content (AvgIpc) is 2.60. The first-order valence-electron chi connectivity index (χ1n) is 9.83. The Kier molecular flexibility index (Phi) is 6.13. The number of fused-ring (bicyclic) bond motifs is 1. The molecule has 1 atom stereocenters. The lowest BCUT2D eigenvalue weighted by atomic mass is 9.79. The molecule has 0 bridgehead atoms. The van der Waals surface area contributed by atoms with Crippen LogP contribution in [0, 0.1) is 11.8 Å². The van der Waals surface area contributed by atoms with Crippen molar-refractivity contribution in [1.82, 2.24) is 0 Å². The highest BCUT2D eigenvalue weighted by atomic mass is 14.2. The van der Waals surface area contributed by atoms with Gasteiger partial charge in [-0.25, -0.2) is 0 Å². The molecular formula is C23H32. The molecule has 1 aliphatic carbocycles. The predicted molar refractivity (Wildman–Crippen MR) is 102 cm³/mol. The summed E-state index contributed by atoms with van der Waals surface area (Å²) in [5, 5.41) is 2.77. The summed E-state index contributed by atoms with van der Waals surface area (Å²) < 4.78 is 0. The van der Waals surface area contributed by atoms with Crippen LogP contribution in [0.2, 0.25) is 0 Å². The molecule has 0 heteroatoms. The molecule has 124 valence electrons. The zero-order valence-electron chi connectivity index (χ0n) is 14.8. The molecule has 2 aromatic rings. The molecular weight excluding hydrogens is 276 g/mol. The second-order valence-electron chi connectivity index (χ2n) is 7.63. The Morgan fingerprint density at radius 1 is 0.957 bits per heavy atom. The summed E-state index contributed by atoms with van der Waals surface area (Å²) in [5.74, 6) is 1.89. The maximum absolute atomic E-state index is 2.43. The normalized spacial score (nSPS) is 17.4. The highest BCUT2D eigenvalue weighted by Crippen LogP contribution is 2.32. The molecule has 1 unspecified atom stereocenters. The Bertz CT molecular complexity index is 592. The van der Waals surface area contributed by atoms with Gasteiger partial charge in [0.1, 0.15) is 0 Å². The monoisotopic (exact) mass is 308 g/mol. The Hall–Kier alpha value is -1.30. The molecule has 0 amide bonds. The van der Waals surface area contributed by atoms with Crippen molar-refractivity contribution >= 4 is 10.8 Å². The van der Waals surface area contributed by atoms with Gasteiger partial charge in [-0.1, -0.05) is 101 Å². The summed E-state index contributed by atoms with van der Waals surface area (Å²) in [5.41, 5.74) is 1.54. The molecule has 0 nitrogen and oxygen atoms in total. The molecule has 0 spiro atoms. The van der Waals surface area contributed by atoms with Gasteiger partial charge < -0.3 is 0 Å². The predicted octanol–water partition coefficient (Wildman–Crippen LogP) is 7.16. The van der Waals surface area contributed by atoms with Crippen molar-refractivity contribution in [3.63, 3.8) is 0 Å². The van der Waals surface area contributed by atoms with Crippen molar-refractivity contribution in [2.75, 3.05) is 0 Å². The van der Waals surface area contributed by atoms with E-state index in [4.69, 9.17) is 0 Å². The molecule has 0 heterocycles. The Balaban J connectivity index is 1.67. The summed E-state index contributed by atoms with van der Waals surface area (Å²) in [4.78, 5) is 0. The van der Waals surface area contributed by atoms with Crippen LogP contribution < -0.4 is 0 Å². The fourth-order valence-corrected chi connectivity index (χ4v) is 4.39. The summed E-state index contributed by atoms with van der Waals surface area (Å²) in [6, 6.07) is 15.9. The van der Waals surface area contributed by atoms with Crippen molar-refractivity contribution in [3.05, 3.63) is 48.0 Å². The summed E-state index contributed by atoms with van der Waals surface area (Å²) in [7, 11) is 0. The van der Waals surface area contributed by atoms with E-state index in [9.17, 15) is 0 Å². The van der Waals surface area contributed by atoms with Gasteiger partial charge in [0.05, 0.1) is 0 Å². The molecule has 0 aliphatic heterocycles. The third kappa shape index (κ3) is 4.83. The van der Waals surface area contributed by atoms with Gasteiger partial charge >= 0.3 is 0 Å². The van der Waals surface area contributed by atoms with E-state index in [1.165, 1.54) is 75.0 Å². The number of hydrogen-bond donors (Lipinski definition) is 0. The summed E-state index contributed by atoms with van der Waals surface area (Å²) >= 11 is 0. The van der Waals surface area contributed by atoms with Crippen LogP contribution in [0.5, 0.6) is 0 Å². The standard InChI is InChI=1S/C23H32/c1-2-3-9-20(16-19-10-5-4-6-11-19)17-21-14-15-22-12-7-8-13-23(22)18-21/h7-8,12-15,18-20H,2-6,9-11,16-17H2,1H3. The van der Waals surface area contributed by atoms with E-state index in [1.54, 1.807) is 5.56 Å². The van der Waals surface area contributed by atoms with Gasteiger partial charge in [0, 0.05) is 0 Å². The fraction of sp³-hybridized carbons (Fsp3) is 0.565. The van der Waals surface area contributed by atoms with Gasteiger partial charge in [-0.2, -0.15) is 0 Å². The van der Waals surface area contributed by atoms with E-state index in [0.29, 0.717) is 0 Å². The number of benzene rings is 2. The van der Waals surface area contributed by atoms with Crippen LogP contribution in [0.15, 0.2) is 42.5 Å². The smallest absolute Gasteiger partial charge is 0.0181 e. The Morgan fingerprint density at radius 3 is 2.52 bits per heavy atom. The minimum atomic E-state index is 0.888. The zero-order chi connectivity index (χ0) is 15.9. The number of hydrogen-bond acceptors (Lipinski definition) is 0. The molecule has 1 saturated carbocycles.